The largest absolute Gasteiger partial charge is 0.461 e. The summed E-state index contributed by atoms with van der Waals surface area (Å²) in [6.45, 7) is 2.06. The fourth-order valence-electron chi connectivity index (χ4n) is 1.48. The molecule has 3 nitrogen and oxygen atoms in total. The second-order valence-corrected chi connectivity index (χ2v) is 5.14. The van der Waals surface area contributed by atoms with Crippen molar-refractivity contribution in [1.82, 2.24) is 4.98 Å². The number of hydrogen-bond donors (Lipinski definition) is 0. The topological polar surface area (TPSA) is 39.2 Å². The number of ether oxygens (including phenoxy) is 1. The number of carbonyl (C=O) groups is 1. The molecule has 0 unspecified atom stereocenters. The van der Waals surface area contributed by atoms with Gasteiger partial charge in [0.2, 0.25) is 0 Å². The Morgan fingerprint density at radius 1 is 1.33 bits per heavy atom. The van der Waals surface area contributed by atoms with Crippen LogP contribution >= 0.6 is 34.5 Å². The minimum absolute atomic E-state index is 0.292. The van der Waals surface area contributed by atoms with Gasteiger partial charge in [0.15, 0.2) is 5.69 Å². The summed E-state index contributed by atoms with van der Waals surface area (Å²) >= 11 is 13.2. The number of halogens is 2. The summed E-state index contributed by atoms with van der Waals surface area (Å²) in [5.74, 6) is -0.440. The van der Waals surface area contributed by atoms with Gasteiger partial charge < -0.3 is 4.74 Å². The Balaban J connectivity index is 2.45. The molecule has 0 saturated carbocycles. The standard InChI is InChI=1S/C12H9Cl2NO2S/c1-2-17-12(16)10-11(18-6-15-10)7-3-8(13)5-9(14)4-7/h3-6H,2H2,1H3. The molecule has 0 bridgehead atoms. The molecular formula is C12H9Cl2NO2S. The predicted molar refractivity (Wildman–Crippen MR) is 73.5 cm³/mol. The van der Waals surface area contributed by atoms with Crippen LogP contribution in [0.4, 0.5) is 0 Å². The fraction of sp³-hybridized carbons (Fsp3) is 0.167. The molecule has 1 aromatic heterocycles. The van der Waals surface area contributed by atoms with E-state index >= 15 is 0 Å². The second kappa shape index (κ2) is 5.69. The average molecular weight is 302 g/mol. The van der Waals surface area contributed by atoms with Crippen LogP contribution in [0.1, 0.15) is 17.4 Å². The van der Waals surface area contributed by atoms with Gasteiger partial charge in [-0.25, -0.2) is 9.78 Å². The highest BCUT2D eigenvalue weighted by molar-refractivity contribution is 7.13. The van der Waals surface area contributed by atoms with E-state index in [2.05, 4.69) is 4.98 Å². The lowest BCUT2D eigenvalue weighted by Crippen LogP contribution is -2.06. The maximum Gasteiger partial charge on any atom is 0.358 e. The first kappa shape index (κ1) is 13.3. The Hall–Kier alpha value is -1.10. The molecule has 18 heavy (non-hydrogen) atoms. The van der Waals surface area contributed by atoms with Gasteiger partial charge in [-0.05, 0) is 30.7 Å². The Bertz CT molecular complexity index is 563. The third-order valence-electron chi connectivity index (χ3n) is 2.16. The monoisotopic (exact) mass is 301 g/mol. The van der Waals surface area contributed by atoms with Crippen LogP contribution in [-0.4, -0.2) is 17.6 Å². The maximum absolute atomic E-state index is 11.7. The van der Waals surface area contributed by atoms with Gasteiger partial charge in [0.1, 0.15) is 0 Å². The highest BCUT2D eigenvalue weighted by Gasteiger charge is 2.17. The third kappa shape index (κ3) is 2.83. The molecule has 0 N–H and O–H groups in total. The van der Waals surface area contributed by atoms with E-state index in [4.69, 9.17) is 27.9 Å². The Morgan fingerprint density at radius 3 is 2.61 bits per heavy atom. The van der Waals surface area contributed by atoms with Gasteiger partial charge in [0.05, 0.1) is 17.0 Å². The van der Waals surface area contributed by atoms with Crippen molar-refractivity contribution in [3.63, 3.8) is 0 Å². The van der Waals surface area contributed by atoms with E-state index in [1.165, 1.54) is 11.3 Å². The van der Waals surface area contributed by atoms with Crippen LogP contribution in [0.2, 0.25) is 10.0 Å². The lowest BCUT2D eigenvalue weighted by molar-refractivity contribution is 0.0521. The zero-order chi connectivity index (χ0) is 13.1. The summed E-state index contributed by atoms with van der Waals surface area (Å²) < 4.78 is 4.95. The van der Waals surface area contributed by atoms with Gasteiger partial charge in [-0.15, -0.1) is 11.3 Å². The molecule has 2 aromatic rings. The third-order valence-corrected chi connectivity index (χ3v) is 3.47. The molecule has 2 rings (SSSR count). The van der Waals surface area contributed by atoms with Crippen molar-refractivity contribution in [2.24, 2.45) is 0 Å². The van der Waals surface area contributed by atoms with Crippen LogP contribution in [0.5, 0.6) is 0 Å². The molecule has 0 radical (unpaired) electrons. The Morgan fingerprint density at radius 2 is 2.00 bits per heavy atom. The quantitative estimate of drug-likeness (QED) is 0.794. The first-order valence-corrected chi connectivity index (χ1v) is 6.82. The van der Waals surface area contributed by atoms with E-state index in [0.29, 0.717) is 27.2 Å². The van der Waals surface area contributed by atoms with Gasteiger partial charge in [-0.3, -0.25) is 0 Å². The molecule has 6 heteroatoms. The van der Waals surface area contributed by atoms with E-state index in [1.807, 2.05) is 0 Å². The van der Waals surface area contributed by atoms with E-state index in [0.717, 1.165) is 5.56 Å². The number of nitrogens with zero attached hydrogens (tertiary/aromatic N) is 1. The number of esters is 1. The molecule has 94 valence electrons. The molecule has 0 saturated heterocycles. The normalized spacial score (nSPS) is 10.4. The number of carbonyl (C=O) groups excluding carboxylic acids is 1. The summed E-state index contributed by atoms with van der Waals surface area (Å²) in [7, 11) is 0. The van der Waals surface area contributed by atoms with Crippen LogP contribution in [0, 0.1) is 0 Å². The van der Waals surface area contributed by atoms with Crippen LogP contribution in [0.15, 0.2) is 23.7 Å². The van der Waals surface area contributed by atoms with Crippen molar-refractivity contribution in [1.29, 1.82) is 0 Å². The predicted octanol–water partition coefficient (Wildman–Crippen LogP) is 4.29. The van der Waals surface area contributed by atoms with Crippen molar-refractivity contribution in [3.8, 4) is 10.4 Å². The van der Waals surface area contributed by atoms with E-state index in [-0.39, 0.29) is 0 Å². The van der Waals surface area contributed by atoms with Crippen LogP contribution in [0.25, 0.3) is 10.4 Å². The molecule has 0 amide bonds. The smallest absolute Gasteiger partial charge is 0.358 e. The van der Waals surface area contributed by atoms with Crippen molar-refractivity contribution < 1.29 is 9.53 Å². The lowest BCUT2D eigenvalue weighted by atomic mass is 10.1. The molecule has 0 aliphatic rings. The summed E-state index contributed by atoms with van der Waals surface area (Å²) in [5.41, 5.74) is 2.65. The Kier molecular flexibility index (Phi) is 4.22. The zero-order valence-electron chi connectivity index (χ0n) is 9.44. The van der Waals surface area contributed by atoms with Crippen molar-refractivity contribution in [2.75, 3.05) is 6.61 Å². The fourth-order valence-corrected chi connectivity index (χ4v) is 2.77. The van der Waals surface area contributed by atoms with Crippen LogP contribution in [0.3, 0.4) is 0 Å². The second-order valence-electron chi connectivity index (χ2n) is 3.41. The number of benzene rings is 1. The molecule has 0 spiro atoms. The van der Waals surface area contributed by atoms with Gasteiger partial charge in [0.25, 0.3) is 0 Å². The van der Waals surface area contributed by atoms with Gasteiger partial charge >= 0.3 is 5.97 Å². The lowest BCUT2D eigenvalue weighted by Gasteiger charge is -2.04. The molecular weight excluding hydrogens is 293 g/mol. The Labute approximate surface area is 118 Å². The number of thiazole rings is 1. The first-order chi connectivity index (χ1) is 8.61. The van der Waals surface area contributed by atoms with Crippen molar-refractivity contribution in [3.05, 3.63) is 39.4 Å². The van der Waals surface area contributed by atoms with Crippen LogP contribution < -0.4 is 0 Å². The molecule has 1 aromatic carbocycles. The molecule has 0 aliphatic heterocycles. The minimum Gasteiger partial charge on any atom is -0.461 e. The zero-order valence-corrected chi connectivity index (χ0v) is 11.8. The molecule has 1 heterocycles. The van der Waals surface area contributed by atoms with E-state index < -0.39 is 5.97 Å². The van der Waals surface area contributed by atoms with E-state index in [9.17, 15) is 4.79 Å². The maximum atomic E-state index is 11.7. The highest BCUT2D eigenvalue weighted by Crippen LogP contribution is 2.32. The van der Waals surface area contributed by atoms with Gasteiger partial charge in [-0.2, -0.15) is 0 Å². The first-order valence-electron chi connectivity index (χ1n) is 5.19. The SMILES string of the molecule is CCOC(=O)c1ncsc1-c1cc(Cl)cc(Cl)c1. The summed E-state index contributed by atoms with van der Waals surface area (Å²) in [6.07, 6.45) is 0. The highest BCUT2D eigenvalue weighted by atomic mass is 35.5. The summed E-state index contributed by atoms with van der Waals surface area (Å²) in [4.78, 5) is 16.5. The average Bonchev–Trinajstić information content (AvgIpc) is 2.76. The molecule has 0 fully saturated rings. The van der Waals surface area contributed by atoms with Gasteiger partial charge in [-0.1, -0.05) is 23.2 Å². The van der Waals surface area contributed by atoms with Crippen LogP contribution in [-0.2, 0) is 4.74 Å². The number of rotatable bonds is 3. The number of aromatic nitrogens is 1. The van der Waals surface area contributed by atoms with Crippen molar-refractivity contribution in [2.45, 2.75) is 6.92 Å². The summed E-state index contributed by atoms with van der Waals surface area (Å²) in [5, 5.41) is 1.03. The van der Waals surface area contributed by atoms with Crippen molar-refractivity contribution >= 4 is 40.5 Å². The summed E-state index contributed by atoms with van der Waals surface area (Å²) in [6, 6.07) is 5.12. The van der Waals surface area contributed by atoms with Gasteiger partial charge in [0, 0.05) is 10.0 Å². The molecule has 0 aliphatic carbocycles. The minimum atomic E-state index is -0.440. The van der Waals surface area contributed by atoms with E-state index in [1.54, 1.807) is 30.6 Å². The number of hydrogen-bond acceptors (Lipinski definition) is 4. The molecule has 0 atom stereocenters.